The molecular weight excluding hydrogens is 340 g/mol. The van der Waals surface area contributed by atoms with Crippen LogP contribution in [0.15, 0.2) is 54.6 Å². The summed E-state index contributed by atoms with van der Waals surface area (Å²) in [5.41, 5.74) is 2.31. The van der Waals surface area contributed by atoms with Crippen molar-refractivity contribution in [3.63, 3.8) is 0 Å². The Labute approximate surface area is 160 Å². The largest absolute Gasteiger partial charge is 0.383 e. The van der Waals surface area contributed by atoms with E-state index < -0.39 is 5.92 Å². The summed E-state index contributed by atoms with van der Waals surface area (Å²) in [7, 11) is 1.61. The first-order valence-corrected chi connectivity index (χ1v) is 9.28. The predicted octanol–water partition coefficient (Wildman–Crippen LogP) is 3.14. The van der Waals surface area contributed by atoms with Gasteiger partial charge in [0.25, 0.3) is 5.91 Å². The molecule has 0 fully saturated rings. The number of hydrogen-bond donors (Lipinski definition) is 1. The van der Waals surface area contributed by atoms with Gasteiger partial charge >= 0.3 is 0 Å². The minimum absolute atomic E-state index is 0.0196. The predicted molar refractivity (Wildman–Crippen MR) is 105 cm³/mol. The molecule has 0 bridgehead atoms. The monoisotopic (exact) mass is 366 g/mol. The maximum absolute atomic E-state index is 13.2. The average Bonchev–Trinajstić information content (AvgIpc) is 2.67. The molecule has 3 rings (SSSR count). The normalized spacial score (nSPS) is 19.1. The van der Waals surface area contributed by atoms with Crippen molar-refractivity contribution in [1.29, 1.82) is 0 Å². The van der Waals surface area contributed by atoms with Crippen LogP contribution >= 0.6 is 0 Å². The second-order valence-corrected chi connectivity index (χ2v) is 7.08. The van der Waals surface area contributed by atoms with Crippen molar-refractivity contribution < 1.29 is 14.3 Å². The van der Waals surface area contributed by atoms with Gasteiger partial charge in [-0.3, -0.25) is 9.59 Å². The smallest absolute Gasteiger partial charge is 0.254 e. The third-order valence-electron chi connectivity index (χ3n) is 4.83. The van der Waals surface area contributed by atoms with E-state index in [4.69, 9.17) is 4.74 Å². The lowest BCUT2D eigenvalue weighted by atomic mass is 9.79. The molecule has 1 N–H and O–H groups in total. The number of ether oxygens (including phenoxy) is 1. The van der Waals surface area contributed by atoms with E-state index in [1.54, 1.807) is 18.1 Å². The molecule has 0 aliphatic carbocycles. The summed E-state index contributed by atoms with van der Waals surface area (Å²) in [6.07, 6.45) is 0. The van der Waals surface area contributed by atoms with Gasteiger partial charge in [0.2, 0.25) is 5.91 Å². The van der Waals surface area contributed by atoms with E-state index in [-0.39, 0.29) is 23.9 Å². The number of hydrogen-bond acceptors (Lipinski definition) is 3. The van der Waals surface area contributed by atoms with Crippen LogP contribution in [0.25, 0.3) is 0 Å². The van der Waals surface area contributed by atoms with Gasteiger partial charge < -0.3 is 15.0 Å². The second-order valence-electron chi connectivity index (χ2n) is 7.08. The number of methoxy groups -OCH3 is 1. The van der Waals surface area contributed by atoms with Crippen LogP contribution < -0.4 is 5.32 Å². The molecule has 1 heterocycles. The molecule has 0 saturated carbocycles. The van der Waals surface area contributed by atoms with Gasteiger partial charge in [0.1, 0.15) is 0 Å². The molecule has 2 amide bonds. The summed E-state index contributed by atoms with van der Waals surface area (Å²) in [6.45, 7) is 4.72. The van der Waals surface area contributed by atoms with Gasteiger partial charge in [-0.1, -0.05) is 48.5 Å². The molecule has 2 aromatic rings. The SMILES string of the molecule is COCCN1C(=O)c2ccccc2[C@H](C(=O)NC(C)C)[C@@H]1c1ccccc1. The van der Waals surface area contributed by atoms with Crippen molar-refractivity contribution in [2.24, 2.45) is 0 Å². The van der Waals surface area contributed by atoms with Gasteiger partial charge in [-0.15, -0.1) is 0 Å². The lowest BCUT2D eigenvalue weighted by Crippen LogP contribution is -2.49. The first-order valence-electron chi connectivity index (χ1n) is 9.28. The number of carbonyl (C=O) groups is 2. The van der Waals surface area contributed by atoms with Gasteiger partial charge in [0.15, 0.2) is 0 Å². The molecule has 142 valence electrons. The fourth-order valence-electron chi connectivity index (χ4n) is 3.71. The van der Waals surface area contributed by atoms with Crippen LogP contribution in [-0.2, 0) is 9.53 Å². The van der Waals surface area contributed by atoms with Gasteiger partial charge in [-0.25, -0.2) is 0 Å². The van der Waals surface area contributed by atoms with Crippen LogP contribution in [0.2, 0.25) is 0 Å². The Kier molecular flexibility index (Phi) is 5.91. The first-order chi connectivity index (χ1) is 13.0. The van der Waals surface area contributed by atoms with Crippen molar-refractivity contribution in [2.75, 3.05) is 20.3 Å². The number of rotatable bonds is 6. The summed E-state index contributed by atoms with van der Waals surface area (Å²) >= 11 is 0. The van der Waals surface area contributed by atoms with Crippen LogP contribution in [0.4, 0.5) is 0 Å². The molecular formula is C22H26N2O3. The Hall–Kier alpha value is -2.66. The van der Waals surface area contributed by atoms with Crippen LogP contribution in [0.3, 0.4) is 0 Å². The van der Waals surface area contributed by atoms with Crippen LogP contribution in [0.5, 0.6) is 0 Å². The topological polar surface area (TPSA) is 58.6 Å². The highest BCUT2D eigenvalue weighted by Crippen LogP contribution is 2.42. The quantitative estimate of drug-likeness (QED) is 0.854. The molecule has 5 heteroatoms. The molecule has 0 saturated heterocycles. The van der Waals surface area contributed by atoms with Crippen molar-refractivity contribution in [2.45, 2.75) is 31.8 Å². The van der Waals surface area contributed by atoms with Crippen LogP contribution in [0.1, 0.15) is 47.3 Å². The van der Waals surface area contributed by atoms with Crippen molar-refractivity contribution in [3.05, 3.63) is 71.3 Å². The number of amides is 2. The molecule has 0 aromatic heterocycles. The third kappa shape index (κ3) is 3.88. The molecule has 27 heavy (non-hydrogen) atoms. The van der Waals surface area contributed by atoms with E-state index in [1.165, 1.54) is 0 Å². The summed E-state index contributed by atoms with van der Waals surface area (Å²) < 4.78 is 5.23. The minimum atomic E-state index is -0.472. The molecule has 1 aliphatic heterocycles. The Morgan fingerprint density at radius 1 is 1.11 bits per heavy atom. The standard InChI is InChI=1S/C22H26N2O3/c1-15(2)23-21(25)19-17-11-7-8-12-18(17)22(26)24(13-14-27-3)20(19)16-9-5-4-6-10-16/h4-12,15,19-20H,13-14H2,1-3H3,(H,23,25)/t19-,20-/m0/s1. The van der Waals surface area contributed by atoms with Crippen molar-refractivity contribution in [3.8, 4) is 0 Å². The van der Waals surface area contributed by atoms with E-state index in [0.29, 0.717) is 18.7 Å². The minimum Gasteiger partial charge on any atom is -0.383 e. The fourth-order valence-corrected chi connectivity index (χ4v) is 3.71. The van der Waals surface area contributed by atoms with Gasteiger partial charge in [0, 0.05) is 25.3 Å². The summed E-state index contributed by atoms with van der Waals surface area (Å²) in [5.74, 6) is -0.605. The van der Waals surface area contributed by atoms with Gasteiger partial charge in [-0.2, -0.15) is 0 Å². The Bertz CT molecular complexity index is 804. The maximum atomic E-state index is 13.2. The average molecular weight is 366 g/mol. The van der Waals surface area contributed by atoms with Gasteiger partial charge in [-0.05, 0) is 31.0 Å². The molecule has 0 unspecified atom stereocenters. The van der Waals surface area contributed by atoms with E-state index in [1.807, 2.05) is 62.4 Å². The zero-order chi connectivity index (χ0) is 19.4. The molecule has 0 radical (unpaired) electrons. The summed E-state index contributed by atoms with van der Waals surface area (Å²) in [5, 5.41) is 3.04. The Morgan fingerprint density at radius 3 is 2.44 bits per heavy atom. The summed E-state index contributed by atoms with van der Waals surface area (Å²) in [4.78, 5) is 28.2. The molecule has 5 nitrogen and oxygen atoms in total. The highest BCUT2D eigenvalue weighted by Gasteiger charge is 2.43. The van der Waals surface area contributed by atoms with E-state index >= 15 is 0 Å². The van der Waals surface area contributed by atoms with Gasteiger partial charge in [0.05, 0.1) is 18.6 Å². The zero-order valence-corrected chi connectivity index (χ0v) is 16.0. The third-order valence-corrected chi connectivity index (χ3v) is 4.83. The summed E-state index contributed by atoms with van der Waals surface area (Å²) in [6, 6.07) is 16.8. The highest BCUT2D eigenvalue weighted by atomic mass is 16.5. The number of benzene rings is 2. The van der Waals surface area contributed by atoms with Crippen molar-refractivity contribution in [1.82, 2.24) is 10.2 Å². The highest BCUT2D eigenvalue weighted by molar-refractivity contribution is 6.01. The Morgan fingerprint density at radius 2 is 1.78 bits per heavy atom. The van der Waals surface area contributed by atoms with E-state index in [2.05, 4.69) is 5.32 Å². The number of carbonyl (C=O) groups excluding carboxylic acids is 2. The number of fused-ring (bicyclic) bond motifs is 1. The molecule has 1 aliphatic rings. The molecule has 0 spiro atoms. The lowest BCUT2D eigenvalue weighted by molar-refractivity contribution is -0.124. The lowest BCUT2D eigenvalue weighted by Gasteiger charge is -2.42. The molecule has 2 aromatic carbocycles. The van der Waals surface area contributed by atoms with E-state index in [0.717, 1.165) is 11.1 Å². The molecule has 2 atom stereocenters. The van der Waals surface area contributed by atoms with E-state index in [9.17, 15) is 9.59 Å². The zero-order valence-electron chi connectivity index (χ0n) is 16.0. The van der Waals surface area contributed by atoms with Crippen LogP contribution in [0, 0.1) is 0 Å². The Balaban J connectivity index is 2.15. The fraction of sp³-hybridized carbons (Fsp3) is 0.364. The maximum Gasteiger partial charge on any atom is 0.254 e. The number of nitrogens with one attached hydrogen (secondary N) is 1. The first kappa shape index (κ1) is 19.1. The van der Waals surface area contributed by atoms with Crippen LogP contribution in [-0.4, -0.2) is 43.0 Å². The van der Waals surface area contributed by atoms with Crippen molar-refractivity contribution >= 4 is 11.8 Å². The second kappa shape index (κ2) is 8.35. The number of nitrogens with zero attached hydrogens (tertiary/aromatic N) is 1.